The Kier molecular flexibility index (Phi) is 3.48. The molecule has 0 fully saturated rings. The van der Waals surface area contributed by atoms with Crippen molar-refractivity contribution in [2.75, 3.05) is 5.32 Å². The topological polar surface area (TPSA) is 62.0 Å². The van der Waals surface area contributed by atoms with E-state index in [-0.39, 0.29) is 5.91 Å². The molecule has 18 heavy (non-hydrogen) atoms. The molecule has 0 saturated carbocycles. The Morgan fingerprint density at radius 2 is 2.17 bits per heavy atom. The molecule has 1 aromatic carbocycles. The summed E-state index contributed by atoms with van der Waals surface area (Å²) in [7, 11) is 0. The third-order valence-electron chi connectivity index (χ3n) is 2.52. The Labute approximate surface area is 109 Å². The van der Waals surface area contributed by atoms with Gasteiger partial charge in [0.1, 0.15) is 5.69 Å². The largest absolute Gasteiger partial charge is 0.356 e. The molecule has 0 spiro atoms. The predicted molar refractivity (Wildman–Crippen MR) is 70.3 cm³/mol. The molecule has 0 saturated heterocycles. The third kappa shape index (κ3) is 2.60. The maximum absolute atomic E-state index is 11.9. The second kappa shape index (κ2) is 5.06. The molecule has 0 aliphatic carbocycles. The summed E-state index contributed by atoms with van der Waals surface area (Å²) in [5.74, 6) is -0.298. The van der Waals surface area contributed by atoms with Crippen molar-refractivity contribution in [3.8, 4) is 0 Å². The normalized spacial score (nSPS) is 10.1. The standard InChI is InChI=1S/C13H11ClN2O2/c1-8-4-10(14)2-3-11(8)16-13(18)12-5-9(7-17)6-15-12/h2-7,15H,1H3,(H,16,18). The van der Waals surface area contributed by atoms with Gasteiger partial charge >= 0.3 is 0 Å². The molecule has 2 N–H and O–H groups in total. The number of aryl methyl sites for hydroxylation is 1. The second-order valence-corrected chi connectivity index (χ2v) is 4.31. The number of nitrogens with one attached hydrogen (secondary N) is 2. The fourth-order valence-corrected chi connectivity index (χ4v) is 1.79. The summed E-state index contributed by atoms with van der Waals surface area (Å²) in [4.78, 5) is 25.2. The maximum Gasteiger partial charge on any atom is 0.272 e. The number of carbonyl (C=O) groups is 2. The number of hydrogen-bond donors (Lipinski definition) is 2. The third-order valence-corrected chi connectivity index (χ3v) is 2.76. The molecule has 1 amide bonds. The fraction of sp³-hybridized carbons (Fsp3) is 0.0769. The SMILES string of the molecule is Cc1cc(Cl)ccc1NC(=O)c1cc(C=O)c[nH]1. The van der Waals surface area contributed by atoms with Crippen molar-refractivity contribution in [1.29, 1.82) is 0 Å². The smallest absolute Gasteiger partial charge is 0.272 e. The molecule has 1 heterocycles. The van der Waals surface area contributed by atoms with Gasteiger partial charge in [-0.3, -0.25) is 9.59 Å². The molecule has 0 aliphatic rings. The highest BCUT2D eigenvalue weighted by atomic mass is 35.5. The van der Waals surface area contributed by atoms with Gasteiger partial charge < -0.3 is 10.3 Å². The number of hydrogen-bond acceptors (Lipinski definition) is 2. The Bertz CT molecular complexity index is 605. The predicted octanol–water partition coefficient (Wildman–Crippen LogP) is 3.04. The van der Waals surface area contributed by atoms with E-state index in [4.69, 9.17) is 11.6 Å². The van der Waals surface area contributed by atoms with Gasteiger partial charge in [0.05, 0.1) is 0 Å². The molecular formula is C13H11ClN2O2. The number of halogens is 1. The molecule has 2 aromatic rings. The molecule has 0 bridgehead atoms. The summed E-state index contributed by atoms with van der Waals surface area (Å²) in [6, 6.07) is 6.70. The van der Waals surface area contributed by atoms with Gasteiger partial charge in [-0.05, 0) is 36.8 Å². The lowest BCUT2D eigenvalue weighted by atomic mass is 10.2. The van der Waals surface area contributed by atoms with E-state index >= 15 is 0 Å². The van der Waals surface area contributed by atoms with E-state index in [0.717, 1.165) is 5.56 Å². The summed E-state index contributed by atoms with van der Waals surface area (Å²) in [6.07, 6.45) is 2.16. The number of aromatic amines is 1. The lowest BCUT2D eigenvalue weighted by molar-refractivity contribution is 0.102. The summed E-state index contributed by atoms with van der Waals surface area (Å²) >= 11 is 5.83. The molecule has 0 aliphatic heterocycles. The lowest BCUT2D eigenvalue weighted by Crippen LogP contribution is -2.13. The minimum atomic E-state index is -0.298. The van der Waals surface area contributed by atoms with E-state index in [2.05, 4.69) is 10.3 Å². The zero-order valence-electron chi connectivity index (χ0n) is 9.66. The molecule has 1 aromatic heterocycles. The molecule has 5 heteroatoms. The monoisotopic (exact) mass is 262 g/mol. The van der Waals surface area contributed by atoms with Crippen molar-refractivity contribution < 1.29 is 9.59 Å². The summed E-state index contributed by atoms with van der Waals surface area (Å²) in [5.41, 5.74) is 2.34. The first-order valence-corrected chi connectivity index (χ1v) is 5.69. The quantitative estimate of drug-likeness (QED) is 0.835. The van der Waals surface area contributed by atoms with Crippen LogP contribution in [0.3, 0.4) is 0 Å². The molecule has 0 atom stereocenters. The van der Waals surface area contributed by atoms with Crippen molar-refractivity contribution in [2.24, 2.45) is 0 Å². The molecule has 92 valence electrons. The van der Waals surface area contributed by atoms with Crippen molar-refractivity contribution in [1.82, 2.24) is 4.98 Å². The maximum atomic E-state index is 11.9. The van der Waals surface area contributed by atoms with Gasteiger partial charge in [-0.1, -0.05) is 11.6 Å². The van der Waals surface area contributed by atoms with Crippen molar-refractivity contribution >= 4 is 29.5 Å². The number of amides is 1. The highest BCUT2D eigenvalue weighted by Gasteiger charge is 2.10. The summed E-state index contributed by atoms with van der Waals surface area (Å²) in [5, 5.41) is 3.37. The Balaban J connectivity index is 2.18. The summed E-state index contributed by atoms with van der Waals surface area (Å²) in [6.45, 7) is 1.85. The van der Waals surface area contributed by atoms with Crippen LogP contribution in [0.5, 0.6) is 0 Å². The number of carbonyl (C=O) groups excluding carboxylic acids is 2. The molecular weight excluding hydrogens is 252 g/mol. The molecule has 0 unspecified atom stereocenters. The van der Waals surface area contributed by atoms with Crippen LogP contribution in [-0.4, -0.2) is 17.2 Å². The van der Waals surface area contributed by atoms with Crippen LogP contribution in [0.15, 0.2) is 30.5 Å². The average Bonchev–Trinajstić information content (AvgIpc) is 2.81. The molecule has 0 radical (unpaired) electrons. The van der Waals surface area contributed by atoms with Gasteiger partial charge in [-0.25, -0.2) is 0 Å². The average molecular weight is 263 g/mol. The van der Waals surface area contributed by atoms with Gasteiger partial charge in [-0.2, -0.15) is 0 Å². The van der Waals surface area contributed by atoms with Gasteiger partial charge in [0.25, 0.3) is 5.91 Å². The van der Waals surface area contributed by atoms with Crippen LogP contribution in [0, 0.1) is 6.92 Å². The van der Waals surface area contributed by atoms with Gasteiger partial charge in [0, 0.05) is 22.5 Å². The first-order valence-electron chi connectivity index (χ1n) is 5.31. The molecule has 2 rings (SSSR count). The van der Waals surface area contributed by atoms with E-state index in [0.29, 0.717) is 28.3 Å². The van der Waals surface area contributed by atoms with Crippen LogP contribution >= 0.6 is 11.6 Å². The van der Waals surface area contributed by atoms with E-state index < -0.39 is 0 Å². The van der Waals surface area contributed by atoms with Crippen molar-refractivity contribution in [2.45, 2.75) is 6.92 Å². The number of H-pyrrole nitrogens is 1. The second-order valence-electron chi connectivity index (χ2n) is 3.88. The van der Waals surface area contributed by atoms with Crippen LogP contribution in [0.25, 0.3) is 0 Å². The van der Waals surface area contributed by atoms with E-state index in [9.17, 15) is 9.59 Å². The number of aldehydes is 1. The minimum Gasteiger partial charge on any atom is -0.356 e. The van der Waals surface area contributed by atoms with Crippen LogP contribution in [0.1, 0.15) is 26.4 Å². The highest BCUT2D eigenvalue weighted by Crippen LogP contribution is 2.20. The van der Waals surface area contributed by atoms with Crippen LogP contribution in [-0.2, 0) is 0 Å². The highest BCUT2D eigenvalue weighted by molar-refractivity contribution is 6.30. The first kappa shape index (κ1) is 12.4. The van der Waals surface area contributed by atoms with Gasteiger partial charge in [0.15, 0.2) is 6.29 Å². The van der Waals surface area contributed by atoms with Gasteiger partial charge in [-0.15, -0.1) is 0 Å². The van der Waals surface area contributed by atoms with E-state index in [1.54, 1.807) is 18.2 Å². The number of rotatable bonds is 3. The molecule has 4 nitrogen and oxygen atoms in total. The van der Waals surface area contributed by atoms with Crippen LogP contribution in [0.2, 0.25) is 5.02 Å². The Hall–Kier alpha value is -2.07. The van der Waals surface area contributed by atoms with Crippen molar-refractivity contribution in [3.63, 3.8) is 0 Å². The Morgan fingerprint density at radius 1 is 1.39 bits per heavy atom. The number of anilines is 1. The van der Waals surface area contributed by atoms with Crippen LogP contribution < -0.4 is 5.32 Å². The number of aromatic nitrogens is 1. The summed E-state index contributed by atoms with van der Waals surface area (Å²) < 4.78 is 0. The van der Waals surface area contributed by atoms with Gasteiger partial charge in [0.2, 0.25) is 0 Å². The zero-order chi connectivity index (χ0) is 13.1. The minimum absolute atomic E-state index is 0.298. The van der Waals surface area contributed by atoms with E-state index in [1.807, 2.05) is 6.92 Å². The van der Waals surface area contributed by atoms with Crippen LogP contribution in [0.4, 0.5) is 5.69 Å². The van der Waals surface area contributed by atoms with Crippen molar-refractivity contribution in [3.05, 3.63) is 52.3 Å². The Morgan fingerprint density at radius 3 is 2.78 bits per heavy atom. The number of benzene rings is 1. The lowest BCUT2D eigenvalue weighted by Gasteiger charge is -2.07. The zero-order valence-corrected chi connectivity index (χ0v) is 10.4. The fourth-order valence-electron chi connectivity index (χ4n) is 1.57. The first-order chi connectivity index (χ1) is 8.60. The van der Waals surface area contributed by atoms with E-state index in [1.165, 1.54) is 12.3 Å².